The molecular weight excluding hydrogens is 340 g/mol. The first-order valence-electron chi connectivity index (χ1n) is 9.13. The number of aromatic amines is 1. The van der Waals surface area contributed by atoms with E-state index in [0.29, 0.717) is 19.6 Å². The van der Waals surface area contributed by atoms with Crippen LogP contribution < -0.4 is 4.74 Å². The van der Waals surface area contributed by atoms with Crippen molar-refractivity contribution in [3.8, 4) is 28.3 Å². The van der Waals surface area contributed by atoms with Gasteiger partial charge in [0.25, 0.3) is 0 Å². The fourth-order valence-electron chi connectivity index (χ4n) is 3.43. The number of ether oxygens (including phenoxy) is 2. The highest BCUT2D eigenvalue weighted by Crippen LogP contribution is 2.32. The zero-order valence-electron chi connectivity index (χ0n) is 15.3. The molecule has 2 heterocycles. The Morgan fingerprint density at radius 1 is 1.22 bits per heavy atom. The molecule has 5 nitrogen and oxygen atoms in total. The molecule has 4 rings (SSSR count). The number of benzene rings is 2. The second-order valence-electron chi connectivity index (χ2n) is 6.77. The van der Waals surface area contributed by atoms with Crippen molar-refractivity contribution in [2.24, 2.45) is 5.92 Å². The number of Topliss-reactive ketones (excluding diaryl/α,β-unsaturated/α-hetero) is 1. The van der Waals surface area contributed by atoms with Crippen LogP contribution in [0.2, 0.25) is 0 Å². The maximum Gasteiger partial charge on any atom is 0.142 e. The van der Waals surface area contributed by atoms with Gasteiger partial charge in [0.05, 0.1) is 25.1 Å². The zero-order chi connectivity index (χ0) is 18.6. The summed E-state index contributed by atoms with van der Waals surface area (Å²) in [5.41, 5.74) is 4.66. The largest absolute Gasteiger partial charge is 0.496 e. The van der Waals surface area contributed by atoms with Crippen molar-refractivity contribution in [2.75, 3.05) is 20.3 Å². The van der Waals surface area contributed by atoms with Crippen LogP contribution in [0.3, 0.4) is 0 Å². The SMILES string of the molecule is COc1ccc(CC(=O)C2CCOC2)cc1-c1cc(-c2ccccc2)n[nH]1. The van der Waals surface area contributed by atoms with Gasteiger partial charge in [0.2, 0.25) is 0 Å². The number of carbonyl (C=O) groups is 1. The van der Waals surface area contributed by atoms with Crippen molar-refractivity contribution < 1.29 is 14.3 Å². The van der Waals surface area contributed by atoms with Crippen molar-refractivity contribution in [3.63, 3.8) is 0 Å². The number of nitrogens with one attached hydrogen (secondary N) is 1. The van der Waals surface area contributed by atoms with Gasteiger partial charge in [-0.15, -0.1) is 0 Å². The van der Waals surface area contributed by atoms with Crippen LogP contribution in [-0.2, 0) is 16.0 Å². The van der Waals surface area contributed by atoms with Gasteiger partial charge in [0, 0.05) is 30.1 Å². The lowest BCUT2D eigenvalue weighted by molar-refractivity contribution is -0.122. The number of carbonyl (C=O) groups excluding carboxylic acids is 1. The molecule has 1 aliphatic heterocycles. The van der Waals surface area contributed by atoms with Gasteiger partial charge in [-0.05, 0) is 30.2 Å². The molecule has 1 unspecified atom stereocenters. The number of ketones is 1. The minimum absolute atomic E-state index is 0.0207. The predicted molar refractivity (Wildman–Crippen MR) is 104 cm³/mol. The summed E-state index contributed by atoms with van der Waals surface area (Å²) in [6, 6.07) is 17.9. The van der Waals surface area contributed by atoms with Crippen LogP contribution in [0.1, 0.15) is 12.0 Å². The quantitative estimate of drug-likeness (QED) is 0.722. The van der Waals surface area contributed by atoms with Crippen LogP contribution in [0, 0.1) is 5.92 Å². The molecule has 1 aliphatic rings. The van der Waals surface area contributed by atoms with Gasteiger partial charge in [0.15, 0.2) is 0 Å². The molecule has 3 aromatic rings. The molecule has 0 amide bonds. The number of hydrogen-bond donors (Lipinski definition) is 1. The molecular formula is C22H22N2O3. The highest BCUT2D eigenvalue weighted by molar-refractivity contribution is 5.84. The Morgan fingerprint density at radius 2 is 2.07 bits per heavy atom. The van der Waals surface area contributed by atoms with Crippen molar-refractivity contribution in [2.45, 2.75) is 12.8 Å². The van der Waals surface area contributed by atoms with Crippen LogP contribution >= 0.6 is 0 Å². The summed E-state index contributed by atoms with van der Waals surface area (Å²) >= 11 is 0. The first-order chi connectivity index (χ1) is 13.2. The van der Waals surface area contributed by atoms with Crippen molar-refractivity contribution in [1.82, 2.24) is 10.2 Å². The minimum atomic E-state index is 0.0207. The van der Waals surface area contributed by atoms with Gasteiger partial charge in [-0.2, -0.15) is 5.10 Å². The molecule has 0 aliphatic carbocycles. The Bertz CT molecular complexity index is 928. The normalized spacial score (nSPS) is 16.4. The minimum Gasteiger partial charge on any atom is -0.496 e. The van der Waals surface area contributed by atoms with E-state index in [9.17, 15) is 4.79 Å². The van der Waals surface area contributed by atoms with Gasteiger partial charge in [-0.25, -0.2) is 0 Å². The van der Waals surface area contributed by atoms with E-state index in [1.165, 1.54) is 0 Å². The summed E-state index contributed by atoms with van der Waals surface area (Å²) in [6.07, 6.45) is 1.23. The maximum absolute atomic E-state index is 12.5. The molecule has 5 heteroatoms. The van der Waals surface area contributed by atoms with Crippen LogP contribution in [0.25, 0.3) is 22.5 Å². The maximum atomic E-state index is 12.5. The number of H-pyrrole nitrogens is 1. The predicted octanol–water partition coefficient (Wildman–Crippen LogP) is 3.90. The summed E-state index contributed by atoms with van der Waals surface area (Å²) in [6.45, 7) is 1.23. The Hall–Kier alpha value is -2.92. The van der Waals surface area contributed by atoms with Gasteiger partial charge < -0.3 is 9.47 Å². The summed E-state index contributed by atoms with van der Waals surface area (Å²) in [4.78, 5) is 12.5. The average Bonchev–Trinajstić information content (AvgIpc) is 3.41. The lowest BCUT2D eigenvalue weighted by Crippen LogP contribution is -2.16. The van der Waals surface area contributed by atoms with E-state index in [-0.39, 0.29) is 11.7 Å². The van der Waals surface area contributed by atoms with Crippen molar-refractivity contribution in [3.05, 3.63) is 60.2 Å². The Kier molecular flexibility index (Phi) is 5.03. The highest BCUT2D eigenvalue weighted by atomic mass is 16.5. The first kappa shape index (κ1) is 17.5. The summed E-state index contributed by atoms with van der Waals surface area (Å²) in [5, 5.41) is 7.52. The highest BCUT2D eigenvalue weighted by Gasteiger charge is 2.23. The fraction of sp³-hybridized carbons (Fsp3) is 0.273. The third-order valence-corrected chi connectivity index (χ3v) is 4.96. The number of rotatable bonds is 6. The van der Waals surface area contributed by atoms with Gasteiger partial charge >= 0.3 is 0 Å². The molecule has 0 bridgehead atoms. The van der Waals surface area contributed by atoms with Crippen molar-refractivity contribution >= 4 is 5.78 Å². The second kappa shape index (κ2) is 7.76. The molecule has 0 radical (unpaired) electrons. The van der Waals surface area contributed by atoms with E-state index >= 15 is 0 Å². The van der Waals surface area contributed by atoms with E-state index in [1.807, 2.05) is 54.6 Å². The molecule has 1 atom stereocenters. The summed E-state index contributed by atoms with van der Waals surface area (Å²) in [7, 11) is 1.65. The smallest absolute Gasteiger partial charge is 0.142 e. The Balaban J connectivity index is 1.61. The van der Waals surface area contributed by atoms with Crippen molar-refractivity contribution in [1.29, 1.82) is 0 Å². The standard InChI is InChI=1S/C22H22N2O3/c1-26-22-8-7-15(12-21(25)17-9-10-27-14-17)11-18(22)20-13-19(23-24-20)16-5-3-2-4-6-16/h2-8,11,13,17H,9-10,12,14H2,1H3,(H,23,24). The van der Waals surface area contributed by atoms with Crippen LogP contribution in [-0.4, -0.2) is 36.3 Å². The van der Waals surface area contributed by atoms with Crippen LogP contribution in [0.5, 0.6) is 5.75 Å². The fourth-order valence-corrected chi connectivity index (χ4v) is 3.43. The molecule has 1 N–H and O–H groups in total. The van der Waals surface area contributed by atoms with Gasteiger partial charge in [0.1, 0.15) is 11.5 Å². The van der Waals surface area contributed by atoms with E-state index in [4.69, 9.17) is 9.47 Å². The van der Waals surface area contributed by atoms with Gasteiger partial charge in [-0.3, -0.25) is 9.89 Å². The topological polar surface area (TPSA) is 64.2 Å². The van der Waals surface area contributed by atoms with E-state index < -0.39 is 0 Å². The molecule has 138 valence electrons. The molecule has 27 heavy (non-hydrogen) atoms. The molecule has 1 fully saturated rings. The van der Waals surface area contributed by atoms with E-state index in [1.54, 1.807) is 7.11 Å². The molecule has 1 aromatic heterocycles. The summed E-state index contributed by atoms with van der Waals surface area (Å²) < 4.78 is 10.9. The zero-order valence-corrected chi connectivity index (χ0v) is 15.3. The third kappa shape index (κ3) is 3.78. The number of aromatic nitrogens is 2. The monoisotopic (exact) mass is 362 g/mol. The molecule has 2 aromatic carbocycles. The Labute approximate surface area is 158 Å². The average molecular weight is 362 g/mol. The lowest BCUT2D eigenvalue weighted by atomic mass is 9.95. The molecule has 0 saturated carbocycles. The second-order valence-corrected chi connectivity index (χ2v) is 6.77. The molecule has 1 saturated heterocycles. The number of methoxy groups -OCH3 is 1. The van der Waals surface area contributed by atoms with Crippen LogP contribution in [0.15, 0.2) is 54.6 Å². The third-order valence-electron chi connectivity index (χ3n) is 4.96. The number of hydrogen-bond acceptors (Lipinski definition) is 4. The lowest BCUT2D eigenvalue weighted by Gasteiger charge is -2.11. The molecule has 0 spiro atoms. The van der Waals surface area contributed by atoms with Crippen LogP contribution in [0.4, 0.5) is 0 Å². The summed E-state index contributed by atoms with van der Waals surface area (Å²) in [5.74, 6) is 1.00. The van der Waals surface area contributed by atoms with Gasteiger partial charge in [-0.1, -0.05) is 36.4 Å². The van der Waals surface area contributed by atoms with E-state index in [2.05, 4.69) is 10.2 Å². The Morgan fingerprint density at radius 3 is 2.81 bits per heavy atom. The first-order valence-corrected chi connectivity index (χ1v) is 9.13. The van der Waals surface area contributed by atoms with E-state index in [0.717, 1.165) is 40.2 Å². The number of nitrogens with zero attached hydrogens (tertiary/aromatic N) is 1.